The van der Waals surface area contributed by atoms with Gasteiger partial charge in [-0.3, -0.25) is 14.4 Å². The van der Waals surface area contributed by atoms with E-state index in [1.54, 1.807) is 39.0 Å². The highest BCUT2D eigenvalue weighted by Gasteiger charge is 2.33. The van der Waals surface area contributed by atoms with Crippen LogP contribution < -0.4 is 14.8 Å². The number of nitrogens with one attached hydrogen (secondary N) is 1. The second-order valence-corrected chi connectivity index (χ2v) is 10.9. The lowest BCUT2D eigenvalue weighted by Gasteiger charge is -2.31. The second-order valence-electron chi connectivity index (χ2n) is 10.5. The molecule has 0 unspecified atom stereocenters. The molecule has 2 aromatic carbocycles. The van der Waals surface area contributed by atoms with Crippen molar-refractivity contribution < 1.29 is 51.0 Å². The van der Waals surface area contributed by atoms with Crippen molar-refractivity contribution in [2.45, 2.75) is 51.7 Å². The smallest absolute Gasteiger partial charge is 0.415 e. The summed E-state index contributed by atoms with van der Waals surface area (Å²) in [5.74, 6) is -11.7. The molecule has 0 aromatic heterocycles. The molecule has 228 valence electrons. The molecule has 42 heavy (non-hydrogen) atoms. The minimum absolute atomic E-state index is 0.0211. The van der Waals surface area contributed by atoms with Crippen LogP contribution in [0.2, 0.25) is 5.02 Å². The Kier molecular flexibility index (Phi) is 10.8. The summed E-state index contributed by atoms with van der Waals surface area (Å²) in [6.07, 6.45) is -0.944. The van der Waals surface area contributed by atoms with Crippen molar-refractivity contribution in [3.05, 3.63) is 58.6 Å². The predicted octanol–water partition coefficient (Wildman–Crippen LogP) is 4.97. The lowest BCUT2D eigenvalue weighted by atomic mass is 9.95. The molecule has 0 saturated carbocycles. The molecule has 3 rings (SSSR count). The molecule has 1 saturated heterocycles. The van der Waals surface area contributed by atoms with Crippen LogP contribution in [0.4, 0.5) is 22.4 Å². The van der Waals surface area contributed by atoms with Crippen LogP contribution in [0.5, 0.6) is 11.5 Å². The number of carbonyl (C=O) groups is 4. The van der Waals surface area contributed by atoms with E-state index in [0.29, 0.717) is 0 Å². The summed E-state index contributed by atoms with van der Waals surface area (Å²) in [7, 11) is 0. The zero-order valence-electron chi connectivity index (χ0n) is 23.0. The van der Waals surface area contributed by atoms with Gasteiger partial charge in [0.05, 0.1) is 11.4 Å². The molecule has 1 atom stereocenters. The minimum Gasteiger partial charge on any atom is -0.479 e. The predicted molar refractivity (Wildman–Crippen MR) is 141 cm³/mol. The first-order valence-electron chi connectivity index (χ1n) is 12.9. The third-order valence-corrected chi connectivity index (χ3v) is 6.40. The van der Waals surface area contributed by atoms with E-state index in [2.05, 4.69) is 5.32 Å². The zero-order chi connectivity index (χ0) is 31.2. The largest absolute Gasteiger partial charge is 0.479 e. The minimum atomic E-state index is -1.85. The van der Waals surface area contributed by atoms with Crippen LogP contribution in [0.15, 0.2) is 30.3 Å². The van der Waals surface area contributed by atoms with E-state index in [4.69, 9.17) is 25.8 Å². The van der Waals surface area contributed by atoms with Gasteiger partial charge in [0.2, 0.25) is 17.5 Å². The maximum absolute atomic E-state index is 14.0. The molecule has 0 bridgehead atoms. The third kappa shape index (κ3) is 8.81. The quantitative estimate of drug-likeness (QED) is 0.241. The second kappa shape index (κ2) is 13.9. The van der Waals surface area contributed by atoms with Crippen LogP contribution in [0.3, 0.4) is 0 Å². The van der Waals surface area contributed by atoms with E-state index < -0.39 is 83.4 Å². The number of amides is 2. The van der Waals surface area contributed by atoms with Crippen LogP contribution in [-0.4, -0.2) is 60.0 Å². The first-order chi connectivity index (χ1) is 19.7. The van der Waals surface area contributed by atoms with Crippen molar-refractivity contribution in [3.8, 4) is 11.5 Å². The van der Waals surface area contributed by atoms with E-state index in [-0.39, 0.29) is 42.8 Å². The molecule has 1 aliphatic rings. The maximum Gasteiger partial charge on any atom is 0.415 e. The van der Waals surface area contributed by atoms with Crippen LogP contribution in [0.25, 0.3) is 0 Å². The molecule has 1 fully saturated rings. The summed E-state index contributed by atoms with van der Waals surface area (Å²) in [4.78, 5) is 52.3. The maximum atomic E-state index is 14.0. The highest BCUT2D eigenvalue weighted by Crippen LogP contribution is 2.27. The van der Waals surface area contributed by atoms with Gasteiger partial charge in [0.25, 0.3) is 0 Å². The Labute approximate surface area is 244 Å². The molecule has 1 aliphatic heterocycles. The van der Waals surface area contributed by atoms with E-state index in [0.717, 1.165) is 0 Å². The molecule has 2 amide bonds. The lowest BCUT2D eigenvalue weighted by Crippen LogP contribution is -2.49. The Morgan fingerprint density at radius 3 is 2.19 bits per heavy atom. The van der Waals surface area contributed by atoms with E-state index >= 15 is 0 Å². The molecule has 9 nitrogen and oxygen atoms in total. The van der Waals surface area contributed by atoms with E-state index in [1.165, 1.54) is 11.0 Å². The summed E-state index contributed by atoms with van der Waals surface area (Å²) in [5.41, 5.74) is -0.929. The van der Waals surface area contributed by atoms with Gasteiger partial charge in [-0.15, -0.1) is 0 Å². The van der Waals surface area contributed by atoms with Crippen molar-refractivity contribution in [2.75, 3.05) is 19.7 Å². The Hall–Kier alpha value is -3.87. The summed E-state index contributed by atoms with van der Waals surface area (Å²) >= 11 is 6.02. The average Bonchev–Trinajstić information content (AvgIpc) is 2.91. The van der Waals surface area contributed by atoms with Crippen LogP contribution in [0, 0.1) is 29.2 Å². The number of ketones is 1. The molecule has 1 N–H and O–H groups in total. The van der Waals surface area contributed by atoms with Gasteiger partial charge in [0.1, 0.15) is 18.2 Å². The van der Waals surface area contributed by atoms with Gasteiger partial charge in [-0.1, -0.05) is 23.7 Å². The average molecular weight is 617 g/mol. The zero-order valence-corrected chi connectivity index (χ0v) is 23.7. The number of benzene rings is 2. The van der Waals surface area contributed by atoms with Crippen molar-refractivity contribution in [3.63, 3.8) is 0 Å². The fraction of sp³-hybridized carbons (Fsp3) is 0.429. The van der Waals surface area contributed by atoms with Crippen molar-refractivity contribution in [2.24, 2.45) is 5.92 Å². The number of halogens is 5. The number of hydrogen-bond donors (Lipinski definition) is 1. The molecule has 0 radical (unpaired) electrons. The number of nitrogens with zero attached hydrogens (tertiary/aromatic N) is 1. The fourth-order valence-corrected chi connectivity index (χ4v) is 4.19. The van der Waals surface area contributed by atoms with Gasteiger partial charge in [-0.05, 0) is 45.7 Å². The van der Waals surface area contributed by atoms with Crippen molar-refractivity contribution in [1.29, 1.82) is 0 Å². The highest BCUT2D eigenvalue weighted by atomic mass is 35.5. The number of piperidine rings is 1. The molecular formula is C28H29ClF4N2O7. The highest BCUT2D eigenvalue weighted by molar-refractivity contribution is 6.32. The van der Waals surface area contributed by atoms with E-state index in [9.17, 15) is 36.7 Å². The topological polar surface area (TPSA) is 111 Å². The van der Waals surface area contributed by atoms with Crippen LogP contribution in [0.1, 0.15) is 40.0 Å². The van der Waals surface area contributed by atoms with Gasteiger partial charge < -0.3 is 24.4 Å². The molecule has 14 heteroatoms. The molecule has 1 heterocycles. The number of rotatable bonds is 9. The van der Waals surface area contributed by atoms with E-state index in [1.807, 2.05) is 0 Å². The summed E-state index contributed by atoms with van der Waals surface area (Å²) < 4.78 is 70.2. The van der Waals surface area contributed by atoms with Crippen LogP contribution in [-0.2, 0) is 19.1 Å². The number of hydrogen-bond acceptors (Lipinski definition) is 7. The molecule has 2 aromatic rings. The normalized spacial score (nSPS) is 14.6. The number of likely N-dealkylation sites (tertiary alicyclic amines) is 1. The third-order valence-electron chi connectivity index (χ3n) is 6.08. The molecule has 0 spiro atoms. The summed E-state index contributed by atoms with van der Waals surface area (Å²) in [5, 5.41) is 2.67. The fourth-order valence-electron chi connectivity index (χ4n) is 4.02. The standard InChI is InChI=1S/C28H29ClF4N2O7/c1-28(2,3)42-22(37)13-19(20(36)14-40-25-23(32)17(30)12-18(31)24(25)33)34-26(38)15-8-10-35(11-9-15)27(39)41-21-7-5-4-6-16(21)29/h4-7,12,15,19H,8-11,13-14H2,1-3H3,(H,34,38)/t19-/m0/s1. The van der Waals surface area contributed by atoms with Crippen molar-refractivity contribution >= 4 is 35.4 Å². The first kappa shape index (κ1) is 32.6. The number of para-hydroxylation sites is 1. The van der Waals surface area contributed by atoms with Gasteiger partial charge in [-0.25, -0.2) is 13.6 Å². The monoisotopic (exact) mass is 616 g/mol. The van der Waals surface area contributed by atoms with Crippen LogP contribution >= 0.6 is 11.6 Å². The number of esters is 1. The Balaban J connectivity index is 1.64. The van der Waals surface area contributed by atoms with Crippen molar-refractivity contribution in [1.82, 2.24) is 10.2 Å². The van der Waals surface area contributed by atoms with Gasteiger partial charge in [0, 0.05) is 25.1 Å². The lowest BCUT2D eigenvalue weighted by molar-refractivity contribution is -0.156. The number of Topliss-reactive ketones (excluding diaryl/α,β-unsaturated/α-hetero) is 1. The number of carbonyl (C=O) groups excluding carboxylic acids is 4. The molecular weight excluding hydrogens is 588 g/mol. The number of ether oxygens (including phenoxy) is 3. The SMILES string of the molecule is CC(C)(C)OC(=O)C[C@H](NC(=O)C1CCN(C(=O)Oc2ccccc2Cl)CC1)C(=O)COc1c(F)c(F)cc(F)c1F. The Morgan fingerprint density at radius 2 is 1.62 bits per heavy atom. The Morgan fingerprint density at radius 1 is 1.02 bits per heavy atom. The molecule has 0 aliphatic carbocycles. The Bertz CT molecular complexity index is 1320. The summed E-state index contributed by atoms with van der Waals surface area (Å²) in [6, 6.07) is 4.83. The van der Waals surface area contributed by atoms with Gasteiger partial charge >= 0.3 is 12.1 Å². The van der Waals surface area contributed by atoms with Gasteiger partial charge in [-0.2, -0.15) is 8.78 Å². The van der Waals surface area contributed by atoms with Gasteiger partial charge in [0.15, 0.2) is 28.9 Å². The summed E-state index contributed by atoms with van der Waals surface area (Å²) in [6.45, 7) is 3.89. The first-order valence-corrected chi connectivity index (χ1v) is 13.3.